The van der Waals surface area contributed by atoms with Gasteiger partial charge in [0.25, 0.3) is 10.0 Å². The summed E-state index contributed by atoms with van der Waals surface area (Å²) in [6, 6.07) is 7.94. The minimum Gasteiger partial charge on any atom is -0.406 e. The fraction of sp³-hybridized carbons (Fsp3) is 0.235. The van der Waals surface area contributed by atoms with Crippen molar-refractivity contribution in [2.45, 2.75) is 31.1 Å². The quantitative estimate of drug-likeness (QED) is 0.603. The second kappa shape index (κ2) is 7.47. The zero-order chi connectivity index (χ0) is 20.5. The van der Waals surface area contributed by atoms with E-state index in [0.717, 1.165) is 12.1 Å². The van der Waals surface area contributed by atoms with Crippen molar-refractivity contribution < 1.29 is 26.3 Å². The molecule has 0 bridgehead atoms. The first kappa shape index (κ1) is 20.2. The third-order valence-corrected chi connectivity index (χ3v) is 5.87. The lowest BCUT2D eigenvalue weighted by molar-refractivity contribution is -0.274. The normalized spacial score (nSPS) is 12.4. The van der Waals surface area contributed by atoms with Gasteiger partial charge in [0, 0.05) is 17.9 Å². The van der Waals surface area contributed by atoms with Gasteiger partial charge in [-0.25, -0.2) is 8.42 Å². The van der Waals surface area contributed by atoms with Gasteiger partial charge in [0.15, 0.2) is 0 Å². The summed E-state index contributed by atoms with van der Waals surface area (Å²) in [5, 5.41) is 6.19. The van der Waals surface area contributed by atoms with Crippen LogP contribution in [0.4, 0.5) is 18.9 Å². The molecule has 1 aromatic carbocycles. The molecule has 0 saturated carbocycles. The average molecular weight is 431 g/mol. The van der Waals surface area contributed by atoms with Gasteiger partial charge < -0.3 is 4.74 Å². The number of halogens is 3. The molecule has 11 heteroatoms. The smallest absolute Gasteiger partial charge is 0.406 e. The number of thiophene rings is 1. The number of hydrogen-bond donors (Lipinski definition) is 1. The van der Waals surface area contributed by atoms with Gasteiger partial charge in [-0.3, -0.25) is 9.40 Å². The SMILES string of the molecule is CC(C)n1cc(S(=O)(=O)Nc2ccc(OC(F)(F)F)cc2)c(-c2cccs2)n1. The molecule has 0 saturated heterocycles. The van der Waals surface area contributed by atoms with Gasteiger partial charge >= 0.3 is 6.36 Å². The fourth-order valence-corrected chi connectivity index (χ4v) is 4.35. The van der Waals surface area contributed by atoms with E-state index in [9.17, 15) is 21.6 Å². The summed E-state index contributed by atoms with van der Waals surface area (Å²) in [6.07, 6.45) is -3.38. The molecule has 2 aromatic heterocycles. The molecule has 0 spiro atoms. The highest BCUT2D eigenvalue weighted by Gasteiger charge is 2.31. The van der Waals surface area contributed by atoms with E-state index < -0.39 is 22.1 Å². The maximum absolute atomic E-state index is 12.9. The summed E-state index contributed by atoms with van der Waals surface area (Å²) in [4.78, 5) is 0.674. The van der Waals surface area contributed by atoms with Crippen molar-refractivity contribution in [1.29, 1.82) is 0 Å². The lowest BCUT2D eigenvalue weighted by Crippen LogP contribution is -2.17. The molecule has 0 aliphatic rings. The van der Waals surface area contributed by atoms with Crippen LogP contribution in [0.25, 0.3) is 10.6 Å². The second-order valence-corrected chi connectivity index (χ2v) is 8.67. The number of rotatable bonds is 6. The highest BCUT2D eigenvalue weighted by Crippen LogP contribution is 2.32. The van der Waals surface area contributed by atoms with Gasteiger partial charge in [0.05, 0.1) is 4.88 Å². The molecule has 3 rings (SSSR count). The van der Waals surface area contributed by atoms with Gasteiger partial charge in [-0.2, -0.15) is 5.10 Å². The third kappa shape index (κ3) is 4.65. The predicted octanol–water partition coefficient (Wildman–Crippen LogP) is 4.89. The first-order chi connectivity index (χ1) is 13.0. The number of nitrogens with one attached hydrogen (secondary N) is 1. The molecule has 0 radical (unpaired) electrons. The monoisotopic (exact) mass is 431 g/mol. The molecule has 0 fully saturated rings. The van der Waals surface area contributed by atoms with Gasteiger partial charge in [0.2, 0.25) is 0 Å². The van der Waals surface area contributed by atoms with Crippen LogP contribution in [0.5, 0.6) is 5.75 Å². The van der Waals surface area contributed by atoms with Gasteiger partial charge in [-0.1, -0.05) is 6.07 Å². The number of benzene rings is 1. The molecule has 0 amide bonds. The van der Waals surface area contributed by atoms with E-state index in [-0.39, 0.29) is 16.6 Å². The fourth-order valence-electron chi connectivity index (χ4n) is 2.35. The minimum atomic E-state index is -4.82. The van der Waals surface area contributed by atoms with E-state index in [1.54, 1.807) is 16.8 Å². The van der Waals surface area contributed by atoms with Crippen LogP contribution in [-0.2, 0) is 10.0 Å². The summed E-state index contributed by atoms with van der Waals surface area (Å²) in [6.45, 7) is 3.74. The Kier molecular flexibility index (Phi) is 5.39. The molecule has 6 nitrogen and oxygen atoms in total. The molecule has 3 aromatic rings. The maximum atomic E-state index is 12.9. The van der Waals surface area contributed by atoms with E-state index in [2.05, 4.69) is 14.6 Å². The third-order valence-electron chi connectivity index (χ3n) is 3.61. The molecular weight excluding hydrogens is 415 g/mol. The zero-order valence-electron chi connectivity index (χ0n) is 14.8. The van der Waals surface area contributed by atoms with Gasteiger partial charge in [-0.05, 0) is 49.6 Å². The Morgan fingerprint density at radius 2 is 1.86 bits per heavy atom. The van der Waals surface area contributed by atoms with E-state index >= 15 is 0 Å². The minimum absolute atomic E-state index is 0.0146. The number of aromatic nitrogens is 2. The first-order valence-corrected chi connectivity index (χ1v) is 10.4. The number of alkyl halides is 3. The first-order valence-electron chi connectivity index (χ1n) is 8.07. The second-order valence-electron chi connectivity index (χ2n) is 6.07. The average Bonchev–Trinajstić information content (AvgIpc) is 3.24. The molecule has 0 aliphatic heterocycles. The number of anilines is 1. The Morgan fingerprint density at radius 3 is 2.39 bits per heavy atom. The number of hydrogen-bond acceptors (Lipinski definition) is 5. The van der Waals surface area contributed by atoms with Crippen molar-refractivity contribution in [3.63, 3.8) is 0 Å². The molecule has 2 heterocycles. The molecule has 0 unspecified atom stereocenters. The summed E-state index contributed by atoms with van der Waals surface area (Å²) in [5.74, 6) is -0.442. The van der Waals surface area contributed by atoms with Crippen molar-refractivity contribution >= 4 is 27.0 Å². The van der Waals surface area contributed by atoms with E-state index in [1.165, 1.54) is 29.7 Å². The van der Waals surface area contributed by atoms with Crippen molar-refractivity contribution in [3.05, 3.63) is 48.0 Å². The standard InChI is InChI=1S/C17H16F3N3O3S2/c1-11(2)23-10-15(16(21-23)14-4-3-9-27-14)28(24,25)22-12-5-7-13(8-6-12)26-17(18,19)20/h3-11,22H,1-2H3. The maximum Gasteiger partial charge on any atom is 0.573 e. The lowest BCUT2D eigenvalue weighted by Gasteiger charge is -2.11. The van der Waals surface area contributed by atoms with E-state index in [0.29, 0.717) is 10.6 Å². The van der Waals surface area contributed by atoms with Crippen LogP contribution < -0.4 is 9.46 Å². The van der Waals surface area contributed by atoms with Crippen molar-refractivity contribution in [3.8, 4) is 16.3 Å². The van der Waals surface area contributed by atoms with Crippen LogP contribution in [0.3, 0.4) is 0 Å². The summed E-state index contributed by atoms with van der Waals surface area (Å²) < 4.78 is 70.2. The molecule has 0 atom stereocenters. The van der Waals surface area contributed by atoms with Gasteiger partial charge in [0.1, 0.15) is 16.3 Å². The highest BCUT2D eigenvalue weighted by atomic mass is 32.2. The topological polar surface area (TPSA) is 73.2 Å². The zero-order valence-corrected chi connectivity index (χ0v) is 16.4. The predicted molar refractivity (Wildman–Crippen MR) is 99.9 cm³/mol. The molecule has 28 heavy (non-hydrogen) atoms. The molecular formula is C17H16F3N3O3S2. The molecule has 0 aliphatic carbocycles. The van der Waals surface area contributed by atoms with Crippen LogP contribution in [0.1, 0.15) is 19.9 Å². The molecule has 150 valence electrons. The summed E-state index contributed by atoms with van der Waals surface area (Å²) in [7, 11) is -4.02. The Hall–Kier alpha value is -2.53. The highest BCUT2D eigenvalue weighted by molar-refractivity contribution is 7.92. The number of sulfonamides is 1. The Morgan fingerprint density at radius 1 is 1.18 bits per heavy atom. The Bertz CT molecular complexity index is 1040. The number of nitrogens with zero attached hydrogens (tertiary/aromatic N) is 2. The van der Waals surface area contributed by atoms with Crippen molar-refractivity contribution in [2.75, 3.05) is 4.72 Å². The Balaban J connectivity index is 1.91. The number of ether oxygens (including phenoxy) is 1. The van der Waals surface area contributed by atoms with Crippen LogP contribution >= 0.6 is 11.3 Å². The van der Waals surface area contributed by atoms with Crippen molar-refractivity contribution in [2.24, 2.45) is 0 Å². The van der Waals surface area contributed by atoms with Gasteiger partial charge in [-0.15, -0.1) is 24.5 Å². The largest absolute Gasteiger partial charge is 0.573 e. The van der Waals surface area contributed by atoms with Crippen LogP contribution in [0.15, 0.2) is 52.9 Å². The summed E-state index contributed by atoms with van der Waals surface area (Å²) in [5.41, 5.74) is 0.414. The van der Waals surface area contributed by atoms with E-state index in [1.807, 2.05) is 19.2 Å². The lowest BCUT2D eigenvalue weighted by atomic mass is 10.3. The summed E-state index contributed by atoms with van der Waals surface area (Å²) >= 11 is 1.35. The van der Waals surface area contributed by atoms with Crippen molar-refractivity contribution in [1.82, 2.24) is 9.78 Å². The van der Waals surface area contributed by atoms with Crippen LogP contribution in [0.2, 0.25) is 0 Å². The Labute approximate surface area is 163 Å². The van der Waals surface area contributed by atoms with Crippen LogP contribution in [-0.4, -0.2) is 24.6 Å². The van der Waals surface area contributed by atoms with Crippen LogP contribution in [0, 0.1) is 0 Å². The molecule has 1 N–H and O–H groups in total. The van der Waals surface area contributed by atoms with E-state index in [4.69, 9.17) is 0 Å².